The quantitative estimate of drug-likeness (QED) is 0.324. The van der Waals surface area contributed by atoms with E-state index in [9.17, 15) is 24.3 Å². The summed E-state index contributed by atoms with van der Waals surface area (Å²) in [6, 6.07) is 19.3. The number of phenolic OH excluding ortho intramolecular Hbond substituents is 1. The molecule has 5 amide bonds. The second-order valence-electron chi connectivity index (χ2n) is 10.4. The molecule has 0 radical (unpaired) electrons. The molecule has 0 spiro atoms. The number of phenols is 1. The molecule has 3 aromatic rings. The first kappa shape index (κ1) is 29.3. The van der Waals surface area contributed by atoms with Crippen LogP contribution in [0, 0.1) is 0 Å². The fourth-order valence-electron chi connectivity index (χ4n) is 5.45. The molecule has 3 heterocycles. The molecular formula is C31H33N7O5. The summed E-state index contributed by atoms with van der Waals surface area (Å²) in [4.78, 5) is 60.6. The van der Waals surface area contributed by atoms with Crippen LogP contribution >= 0.6 is 0 Å². The molecule has 2 saturated heterocycles. The first-order valence-corrected chi connectivity index (χ1v) is 13.9. The fourth-order valence-corrected chi connectivity index (χ4v) is 5.45. The molecule has 2 aliphatic rings. The average Bonchev–Trinajstić information content (AvgIpc) is 3.00. The molecule has 1 aromatic heterocycles. The largest absolute Gasteiger partial charge is 0.508 e. The lowest BCUT2D eigenvalue weighted by molar-refractivity contribution is -0.189. The van der Waals surface area contributed by atoms with E-state index in [1.54, 1.807) is 40.3 Å². The van der Waals surface area contributed by atoms with Gasteiger partial charge in [-0.15, -0.1) is 6.58 Å². The zero-order valence-corrected chi connectivity index (χ0v) is 23.5. The van der Waals surface area contributed by atoms with Gasteiger partial charge in [-0.3, -0.25) is 14.4 Å². The van der Waals surface area contributed by atoms with Gasteiger partial charge in [-0.25, -0.2) is 19.8 Å². The topological polar surface area (TPSA) is 152 Å². The number of piperazine rings is 1. The van der Waals surface area contributed by atoms with Crippen LogP contribution in [0.25, 0.3) is 0 Å². The second kappa shape index (κ2) is 12.7. The number of carbonyl (C=O) groups excluding carboxylic acids is 4. The smallest absolute Gasteiger partial charge is 0.334 e. The Hall–Kier alpha value is -5.23. The summed E-state index contributed by atoms with van der Waals surface area (Å²) >= 11 is 0. The molecule has 0 unspecified atom stereocenters. The van der Waals surface area contributed by atoms with Crippen LogP contribution < -0.4 is 11.1 Å². The molecule has 2 aliphatic heterocycles. The number of hydrazine groups is 1. The Morgan fingerprint density at radius 2 is 1.77 bits per heavy atom. The van der Waals surface area contributed by atoms with Gasteiger partial charge >= 0.3 is 6.03 Å². The lowest BCUT2D eigenvalue weighted by Gasteiger charge is -2.55. The molecule has 43 heavy (non-hydrogen) atoms. The van der Waals surface area contributed by atoms with Crippen LogP contribution in [0.4, 0.5) is 4.79 Å². The monoisotopic (exact) mass is 583 g/mol. The zero-order chi connectivity index (χ0) is 30.5. The second-order valence-corrected chi connectivity index (χ2v) is 10.4. The van der Waals surface area contributed by atoms with Crippen LogP contribution in [0.3, 0.4) is 0 Å². The molecular weight excluding hydrogens is 550 g/mol. The lowest BCUT2D eigenvalue weighted by Crippen LogP contribution is -2.76. The van der Waals surface area contributed by atoms with Gasteiger partial charge in [0.15, 0.2) is 0 Å². The van der Waals surface area contributed by atoms with Crippen LogP contribution in [-0.2, 0) is 29.1 Å². The Labute approximate surface area is 249 Å². The summed E-state index contributed by atoms with van der Waals surface area (Å²) in [5.74, 6) is -1.24. The van der Waals surface area contributed by atoms with Crippen LogP contribution in [0.15, 0.2) is 85.5 Å². The van der Waals surface area contributed by atoms with Gasteiger partial charge in [-0.1, -0.05) is 54.6 Å². The third-order valence-electron chi connectivity index (χ3n) is 7.44. The van der Waals surface area contributed by atoms with Gasteiger partial charge in [-0.2, -0.15) is 0 Å². The van der Waals surface area contributed by atoms with Crippen LogP contribution in [0.2, 0.25) is 0 Å². The number of pyridine rings is 1. The Morgan fingerprint density at radius 1 is 1.02 bits per heavy atom. The molecule has 0 bridgehead atoms. The van der Waals surface area contributed by atoms with Crippen molar-refractivity contribution in [2.75, 3.05) is 19.6 Å². The van der Waals surface area contributed by atoms with Crippen LogP contribution in [0.5, 0.6) is 5.75 Å². The number of carbonyl (C=O) groups is 4. The summed E-state index contributed by atoms with van der Waals surface area (Å²) in [5.41, 5.74) is 7.56. The number of hydrogen-bond acceptors (Lipinski definition) is 7. The van der Waals surface area contributed by atoms with Gasteiger partial charge in [0.05, 0.1) is 25.3 Å². The molecule has 12 nitrogen and oxygen atoms in total. The lowest BCUT2D eigenvalue weighted by atomic mass is 9.98. The number of aromatic nitrogens is 1. The third-order valence-corrected chi connectivity index (χ3v) is 7.44. The van der Waals surface area contributed by atoms with E-state index in [2.05, 4.69) is 16.9 Å². The van der Waals surface area contributed by atoms with E-state index in [-0.39, 0.29) is 62.4 Å². The number of nitrogens with two attached hydrogens (primary N) is 1. The highest BCUT2D eigenvalue weighted by molar-refractivity contribution is 5.92. The maximum absolute atomic E-state index is 14.0. The van der Waals surface area contributed by atoms with Gasteiger partial charge in [0.2, 0.25) is 11.8 Å². The van der Waals surface area contributed by atoms with E-state index >= 15 is 0 Å². The van der Waals surface area contributed by atoms with Crippen molar-refractivity contribution in [3.8, 4) is 5.75 Å². The predicted molar refractivity (Wildman–Crippen MR) is 157 cm³/mol. The Balaban J connectivity index is 1.50. The van der Waals surface area contributed by atoms with Gasteiger partial charge in [0, 0.05) is 19.5 Å². The highest BCUT2D eigenvalue weighted by Crippen LogP contribution is 2.29. The van der Waals surface area contributed by atoms with E-state index in [1.165, 1.54) is 28.1 Å². The minimum Gasteiger partial charge on any atom is -0.508 e. The molecule has 0 saturated carbocycles. The number of nitrogens with zero attached hydrogens (tertiary/aromatic N) is 5. The molecule has 12 heteroatoms. The first-order chi connectivity index (χ1) is 20.7. The molecule has 222 valence electrons. The maximum Gasteiger partial charge on any atom is 0.334 e. The number of fused-ring (bicyclic) bond motifs is 1. The number of hydrogen-bond donors (Lipinski definition) is 3. The number of amides is 5. The number of nitrogens with one attached hydrogen (secondary N) is 1. The predicted octanol–water partition coefficient (Wildman–Crippen LogP) is 1.62. The van der Waals surface area contributed by atoms with Crippen molar-refractivity contribution in [1.82, 2.24) is 30.1 Å². The number of aromatic hydroxyl groups is 1. The van der Waals surface area contributed by atoms with Crippen molar-refractivity contribution >= 4 is 23.8 Å². The van der Waals surface area contributed by atoms with Gasteiger partial charge in [0.1, 0.15) is 23.7 Å². The van der Waals surface area contributed by atoms with Gasteiger partial charge < -0.3 is 26.0 Å². The van der Waals surface area contributed by atoms with Crippen molar-refractivity contribution in [2.24, 2.45) is 5.73 Å². The molecule has 4 N–H and O–H groups in total. The Kier molecular flexibility index (Phi) is 8.67. The fraction of sp³-hybridized carbons (Fsp3) is 0.258. The third kappa shape index (κ3) is 6.49. The minimum atomic E-state index is -0.939. The van der Waals surface area contributed by atoms with E-state index in [1.807, 2.05) is 30.3 Å². The Morgan fingerprint density at radius 3 is 2.47 bits per heavy atom. The summed E-state index contributed by atoms with van der Waals surface area (Å²) in [6.45, 7) is 4.21. The molecule has 0 aliphatic carbocycles. The maximum atomic E-state index is 14.0. The van der Waals surface area contributed by atoms with Crippen molar-refractivity contribution in [3.05, 3.63) is 108 Å². The van der Waals surface area contributed by atoms with Gasteiger partial charge in [-0.05, 0) is 35.4 Å². The molecule has 2 aromatic carbocycles. The molecule has 2 fully saturated rings. The highest BCUT2D eigenvalue weighted by atomic mass is 16.3. The SMILES string of the molecule is C=CCN1CC(=O)N2[C@@H](Cc3ccc(O)cc3)C(=O)N(Cc3cccc(C(N)=O)n3)C[C@@H]2N1C(=O)NCc1ccccc1. The summed E-state index contributed by atoms with van der Waals surface area (Å²) in [5, 5.41) is 15.8. The summed E-state index contributed by atoms with van der Waals surface area (Å²) in [7, 11) is 0. The van der Waals surface area contributed by atoms with E-state index < -0.39 is 24.1 Å². The number of urea groups is 1. The number of rotatable bonds is 9. The minimum absolute atomic E-state index is 0.00549. The zero-order valence-electron chi connectivity index (χ0n) is 23.5. The van der Waals surface area contributed by atoms with E-state index in [0.717, 1.165) is 11.1 Å². The molecule has 2 atom stereocenters. The number of primary amides is 1. The molecule has 5 rings (SSSR count). The standard InChI is InChI=1S/C31H33N7O5/c1-2-15-36-20-28(40)37-26(16-21-11-13-24(39)14-12-21)30(42)35(18-23-9-6-10-25(34-23)29(32)41)19-27(37)38(36)31(43)33-17-22-7-4-3-5-8-22/h2-14,26-27,39H,1,15-20H2,(H2,32,41)(H,33,43)/t26-,27-/m0/s1. The summed E-state index contributed by atoms with van der Waals surface area (Å²) < 4.78 is 0. The van der Waals surface area contributed by atoms with Crippen LogP contribution in [0.1, 0.15) is 27.3 Å². The van der Waals surface area contributed by atoms with Crippen molar-refractivity contribution in [2.45, 2.75) is 31.7 Å². The van der Waals surface area contributed by atoms with E-state index in [0.29, 0.717) is 5.69 Å². The van der Waals surface area contributed by atoms with Gasteiger partial charge in [0.25, 0.3) is 5.91 Å². The van der Waals surface area contributed by atoms with E-state index in [4.69, 9.17) is 5.73 Å². The van der Waals surface area contributed by atoms with Crippen molar-refractivity contribution in [3.63, 3.8) is 0 Å². The summed E-state index contributed by atoms with van der Waals surface area (Å²) in [6.07, 6.45) is 0.934. The Bertz CT molecular complexity index is 1510. The normalized spacial score (nSPS) is 18.7. The van der Waals surface area contributed by atoms with Crippen LogP contribution in [-0.4, -0.2) is 85.5 Å². The van der Waals surface area contributed by atoms with Crippen molar-refractivity contribution < 1.29 is 24.3 Å². The highest BCUT2D eigenvalue weighted by Gasteiger charge is 2.51. The van der Waals surface area contributed by atoms with Crippen molar-refractivity contribution in [1.29, 1.82) is 0 Å². The first-order valence-electron chi connectivity index (χ1n) is 13.9. The number of benzene rings is 2. The average molecular weight is 584 g/mol.